The highest BCUT2D eigenvalue weighted by atomic mass is 19.4. The van der Waals surface area contributed by atoms with Crippen LogP contribution < -0.4 is 0 Å². The van der Waals surface area contributed by atoms with Gasteiger partial charge in [-0.1, -0.05) is 6.07 Å². The van der Waals surface area contributed by atoms with Gasteiger partial charge in [-0.2, -0.15) is 13.2 Å². The fourth-order valence-electron chi connectivity index (χ4n) is 2.57. The lowest BCUT2D eigenvalue weighted by molar-refractivity contribution is -0.137. The quantitative estimate of drug-likeness (QED) is 0.905. The Kier molecular flexibility index (Phi) is 4.42. The average Bonchev–Trinajstić information content (AvgIpc) is 2.70. The summed E-state index contributed by atoms with van der Waals surface area (Å²) in [5.74, 6) is 0. The Morgan fingerprint density at radius 3 is 2.48 bits per heavy atom. The molecule has 0 aliphatic heterocycles. The van der Waals surface area contributed by atoms with Crippen LogP contribution in [0.25, 0.3) is 5.69 Å². The Morgan fingerprint density at radius 1 is 1.14 bits per heavy atom. The van der Waals surface area contributed by atoms with Crippen LogP contribution in [0.4, 0.5) is 13.2 Å². The van der Waals surface area contributed by atoms with E-state index in [1.54, 1.807) is 6.07 Å². The molecule has 0 bridgehead atoms. The van der Waals surface area contributed by atoms with Crippen molar-refractivity contribution in [1.29, 1.82) is 0 Å². The number of hydrogen-bond acceptors (Lipinski definition) is 1. The standard InChI is InChI=1S/C16H18F3NO/c1-11-9-13(5-4-8-21)12(2)20(11)15-7-3-6-14(10-15)16(17,18)19/h3,6-7,9-10,21H,4-5,8H2,1-2H3. The predicted molar refractivity (Wildman–Crippen MR) is 75.7 cm³/mol. The number of aromatic nitrogens is 1. The first kappa shape index (κ1) is 15.6. The van der Waals surface area contributed by atoms with E-state index in [2.05, 4.69) is 0 Å². The molecule has 21 heavy (non-hydrogen) atoms. The summed E-state index contributed by atoms with van der Waals surface area (Å²) in [4.78, 5) is 0. The van der Waals surface area contributed by atoms with Crippen molar-refractivity contribution in [2.24, 2.45) is 0 Å². The first-order valence-corrected chi connectivity index (χ1v) is 6.81. The van der Waals surface area contributed by atoms with E-state index >= 15 is 0 Å². The number of rotatable bonds is 4. The van der Waals surface area contributed by atoms with Crippen molar-refractivity contribution in [1.82, 2.24) is 4.57 Å². The lowest BCUT2D eigenvalue weighted by Gasteiger charge is -2.13. The molecule has 5 heteroatoms. The number of alkyl halides is 3. The summed E-state index contributed by atoms with van der Waals surface area (Å²) in [6.07, 6.45) is -2.98. The molecule has 0 spiro atoms. The van der Waals surface area contributed by atoms with Crippen LogP contribution in [-0.2, 0) is 12.6 Å². The topological polar surface area (TPSA) is 25.2 Å². The minimum Gasteiger partial charge on any atom is -0.396 e. The zero-order valence-electron chi connectivity index (χ0n) is 12.0. The van der Waals surface area contributed by atoms with Gasteiger partial charge in [0.05, 0.1) is 5.56 Å². The van der Waals surface area contributed by atoms with Crippen LogP contribution in [0.15, 0.2) is 30.3 Å². The molecule has 2 aromatic rings. The number of benzene rings is 1. The fraction of sp³-hybridized carbons (Fsp3) is 0.375. The van der Waals surface area contributed by atoms with E-state index in [4.69, 9.17) is 5.11 Å². The van der Waals surface area contributed by atoms with Crippen molar-refractivity contribution in [3.63, 3.8) is 0 Å². The number of aryl methyl sites for hydroxylation is 2. The summed E-state index contributed by atoms with van der Waals surface area (Å²) >= 11 is 0. The SMILES string of the molecule is Cc1cc(CCCO)c(C)n1-c1cccc(C(F)(F)F)c1. The second-order valence-electron chi connectivity index (χ2n) is 5.11. The maximum Gasteiger partial charge on any atom is 0.416 e. The van der Waals surface area contributed by atoms with Gasteiger partial charge in [0.15, 0.2) is 0 Å². The van der Waals surface area contributed by atoms with Crippen LogP contribution in [0.1, 0.15) is 28.9 Å². The molecule has 0 fully saturated rings. The zero-order valence-corrected chi connectivity index (χ0v) is 12.0. The minimum atomic E-state index is -4.34. The van der Waals surface area contributed by atoms with Crippen LogP contribution in [0.3, 0.4) is 0 Å². The highest BCUT2D eigenvalue weighted by Crippen LogP contribution is 2.31. The Hall–Kier alpha value is -1.75. The van der Waals surface area contributed by atoms with Crippen LogP contribution >= 0.6 is 0 Å². The molecule has 0 unspecified atom stereocenters. The third-order valence-electron chi connectivity index (χ3n) is 3.57. The highest BCUT2D eigenvalue weighted by Gasteiger charge is 2.30. The lowest BCUT2D eigenvalue weighted by atomic mass is 10.1. The third kappa shape index (κ3) is 3.29. The average molecular weight is 297 g/mol. The fourth-order valence-corrected chi connectivity index (χ4v) is 2.57. The summed E-state index contributed by atoms with van der Waals surface area (Å²) in [5, 5.41) is 8.91. The van der Waals surface area contributed by atoms with E-state index in [0.29, 0.717) is 12.1 Å². The second-order valence-corrected chi connectivity index (χ2v) is 5.11. The smallest absolute Gasteiger partial charge is 0.396 e. The van der Waals surface area contributed by atoms with E-state index in [1.807, 2.05) is 24.5 Å². The number of hydrogen-bond donors (Lipinski definition) is 1. The van der Waals surface area contributed by atoms with Gasteiger partial charge in [-0.15, -0.1) is 0 Å². The molecule has 0 aliphatic rings. The van der Waals surface area contributed by atoms with Gasteiger partial charge < -0.3 is 9.67 Å². The van der Waals surface area contributed by atoms with Gasteiger partial charge in [-0.25, -0.2) is 0 Å². The van der Waals surface area contributed by atoms with Gasteiger partial charge in [0.1, 0.15) is 0 Å². The molecule has 0 amide bonds. The summed E-state index contributed by atoms with van der Waals surface area (Å²) < 4.78 is 40.3. The van der Waals surface area contributed by atoms with E-state index < -0.39 is 11.7 Å². The predicted octanol–water partition coefficient (Wildman–Crippen LogP) is 4.04. The van der Waals surface area contributed by atoms with Gasteiger partial charge in [0.2, 0.25) is 0 Å². The Balaban J connectivity index is 2.45. The third-order valence-corrected chi connectivity index (χ3v) is 3.57. The maximum atomic E-state index is 12.8. The molecule has 114 valence electrons. The van der Waals surface area contributed by atoms with Crippen molar-refractivity contribution >= 4 is 0 Å². The molecule has 1 heterocycles. The molecule has 0 atom stereocenters. The van der Waals surface area contributed by atoms with Gasteiger partial charge in [0.25, 0.3) is 0 Å². The molecule has 1 aromatic carbocycles. The number of aliphatic hydroxyl groups excluding tert-OH is 1. The van der Waals surface area contributed by atoms with Gasteiger partial charge in [-0.3, -0.25) is 0 Å². The summed E-state index contributed by atoms with van der Waals surface area (Å²) in [7, 11) is 0. The van der Waals surface area contributed by atoms with Crippen molar-refractivity contribution in [2.45, 2.75) is 32.9 Å². The molecular weight excluding hydrogens is 279 g/mol. The second kappa shape index (κ2) is 5.93. The monoisotopic (exact) mass is 297 g/mol. The van der Waals surface area contributed by atoms with E-state index in [0.717, 1.165) is 35.5 Å². The normalized spacial score (nSPS) is 11.9. The van der Waals surface area contributed by atoms with Crippen molar-refractivity contribution in [2.75, 3.05) is 6.61 Å². The van der Waals surface area contributed by atoms with Crippen LogP contribution in [0.5, 0.6) is 0 Å². The molecular formula is C16H18F3NO. The van der Waals surface area contributed by atoms with Crippen molar-refractivity contribution in [3.8, 4) is 5.69 Å². The van der Waals surface area contributed by atoms with Crippen molar-refractivity contribution in [3.05, 3.63) is 52.8 Å². The van der Waals surface area contributed by atoms with Gasteiger partial charge in [0, 0.05) is 23.7 Å². The number of halogens is 3. The molecule has 1 N–H and O–H groups in total. The Bertz CT molecular complexity index is 629. The molecule has 2 rings (SSSR count). The molecule has 0 saturated heterocycles. The number of nitrogens with zero attached hydrogens (tertiary/aromatic N) is 1. The largest absolute Gasteiger partial charge is 0.416 e. The highest BCUT2D eigenvalue weighted by molar-refractivity contribution is 5.43. The van der Waals surface area contributed by atoms with Gasteiger partial charge >= 0.3 is 6.18 Å². The molecule has 0 saturated carbocycles. The minimum absolute atomic E-state index is 0.104. The number of aliphatic hydroxyl groups is 1. The summed E-state index contributed by atoms with van der Waals surface area (Å²) in [6, 6.07) is 7.29. The van der Waals surface area contributed by atoms with Crippen molar-refractivity contribution < 1.29 is 18.3 Å². The van der Waals surface area contributed by atoms with Crippen LogP contribution in [-0.4, -0.2) is 16.3 Å². The first-order chi connectivity index (χ1) is 9.84. The first-order valence-electron chi connectivity index (χ1n) is 6.81. The molecule has 2 nitrogen and oxygen atoms in total. The van der Waals surface area contributed by atoms with Crippen LogP contribution in [0, 0.1) is 13.8 Å². The maximum absolute atomic E-state index is 12.8. The summed E-state index contributed by atoms with van der Waals surface area (Å²) in [5.41, 5.74) is 2.72. The van der Waals surface area contributed by atoms with Crippen LogP contribution in [0.2, 0.25) is 0 Å². The lowest BCUT2D eigenvalue weighted by Crippen LogP contribution is -2.07. The molecule has 1 aromatic heterocycles. The molecule has 0 radical (unpaired) electrons. The molecule has 0 aliphatic carbocycles. The van der Waals surface area contributed by atoms with E-state index in [9.17, 15) is 13.2 Å². The Labute approximate surface area is 121 Å². The van der Waals surface area contributed by atoms with E-state index in [1.165, 1.54) is 6.07 Å². The summed E-state index contributed by atoms with van der Waals surface area (Å²) in [6.45, 7) is 3.86. The van der Waals surface area contributed by atoms with E-state index in [-0.39, 0.29) is 6.61 Å². The van der Waals surface area contributed by atoms with Gasteiger partial charge in [-0.05, 0) is 56.5 Å². The Morgan fingerprint density at radius 2 is 1.86 bits per heavy atom. The zero-order chi connectivity index (χ0) is 15.6.